The van der Waals surface area contributed by atoms with Gasteiger partial charge in [0.05, 0.1) is 11.0 Å². The second-order valence-corrected chi connectivity index (χ2v) is 6.16. The van der Waals surface area contributed by atoms with Gasteiger partial charge in [0.15, 0.2) is 5.82 Å². The van der Waals surface area contributed by atoms with Crippen molar-refractivity contribution in [1.82, 2.24) is 15.5 Å². The molecule has 0 fully saturated rings. The molecule has 1 unspecified atom stereocenters. The molecule has 96 valence electrons. The fourth-order valence-electron chi connectivity index (χ4n) is 1.05. The van der Waals surface area contributed by atoms with E-state index in [1.165, 1.54) is 11.8 Å². The standard InChI is InChI=1S/C11H19N3O2S/c1-7(17-6-8(15)12-5)9-13-10(14-16-9)11(2,3)4/h7H,6H2,1-5H3,(H,12,15). The Kier molecular flexibility index (Phi) is 4.56. The average molecular weight is 257 g/mol. The molecule has 17 heavy (non-hydrogen) atoms. The SMILES string of the molecule is CNC(=O)CSC(C)c1nc(C(C)(C)C)no1. The number of aromatic nitrogens is 2. The van der Waals surface area contributed by atoms with Crippen molar-refractivity contribution < 1.29 is 9.32 Å². The number of nitrogens with zero attached hydrogens (tertiary/aromatic N) is 2. The van der Waals surface area contributed by atoms with E-state index in [1.807, 2.05) is 27.7 Å². The van der Waals surface area contributed by atoms with Gasteiger partial charge in [0.25, 0.3) is 0 Å². The molecule has 0 spiro atoms. The normalized spacial score (nSPS) is 13.5. The van der Waals surface area contributed by atoms with E-state index in [0.29, 0.717) is 17.5 Å². The molecule has 1 N–H and O–H groups in total. The molecule has 0 saturated heterocycles. The maximum atomic E-state index is 11.1. The Labute approximate surface area is 106 Å². The Morgan fingerprint density at radius 2 is 2.18 bits per heavy atom. The molecule has 0 aromatic carbocycles. The summed E-state index contributed by atoms with van der Waals surface area (Å²) in [6.07, 6.45) is 0. The Bertz CT molecular complexity index is 384. The zero-order chi connectivity index (χ0) is 13.1. The van der Waals surface area contributed by atoms with Crippen molar-refractivity contribution >= 4 is 17.7 Å². The molecule has 1 amide bonds. The van der Waals surface area contributed by atoms with Crippen molar-refractivity contribution in [3.8, 4) is 0 Å². The minimum atomic E-state index is -0.118. The first-order chi connectivity index (χ1) is 7.84. The number of carbonyl (C=O) groups is 1. The van der Waals surface area contributed by atoms with E-state index >= 15 is 0 Å². The first-order valence-corrected chi connectivity index (χ1v) is 6.55. The molecule has 1 aromatic rings. The summed E-state index contributed by atoms with van der Waals surface area (Å²) in [5.41, 5.74) is -0.118. The molecule has 1 heterocycles. The highest BCUT2D eigenvalue weighted by Gasteiger charge is 2.23. The van der Waals surface area contributed by atoms with Crippen LogP contribution in [0.3, 0.4) is 0 Å². The molecule has 1 atom stereocenters. The van der Waals surface area contributed by atoms with E-state index in [9.17, 15) is 4.79 Å². The van der Waals surface area contributed by atoms with E-state index in [2.05, 4.69) is 15.5 Å². The number of amides is 1. The first-order valence-electron chi connectivity index (χ1n) is 5.51. The van der Waals surface area contributed by atoms with Crippen LogP contribution in [0.5, 0.6) is 0 Å². The number of hydrogen-bond acceptors (Lipinski definition) is 5. The molecule has 0 saturated carbocycles. The Morgan fingerprint density at radius 3 is 2.65 bits per heavy atom. The third-order valence-corrected chi connectivity index (χ3v) is 3.33. The van der Waals surface area contributed by atoms with Crippen LogP contribution in [0.2, 0.25) is 0 Å². The van der Waals surface area contributed by atoms with Gasteiger partial charge in [-0.05, 0) is 6.92 Å². The Morgan fingerprint density at radius 1 is 1.53 bits per heavy atom. The van der Waals surface area contributed by atoms with Gasteiger partial charge in [-0.1, -0.05) is 25.9 Å². The van der Waals surface area contributed by atoms with Gasteiger partial charge in [0.1, 0.15) is 0 Å². The van der Waals surface area contributed by atoms with Crippen molar-refractivity contribution in [3.05, 3.63) is 11.7 Å². The maximum absolute atomic E-state index is 11.1. The molecule has 0 aliphatic heterocycles. The lowest BCUT2D eigenvalue weighted by Gasteiger charge is -2.11. The van der Waals surface area contributed by atoms with Crippen LogP contribution in [-0.4, -0.2) is 28.8 Å². The van der Waals surface area contributed by atoms with Gasteiger partial charge < -0.3 is 9.84 Å². The fourth-order valence-corrected chi connectivity index (χ4v) is 1.83. The minimum Gasteiger partial charge on any atom is -0.358 e. The van der Waals surface area contributed by atoms with Gasteiger partial charge in [-0.25, -0.2) is 0 Å². The second-order valence-electron chi connectivity index (χ2n) is 4.83. The van der Waals surface area contributed by atoms with Crippen molar-refractivity contribution in [2.24, 2.45) is 0 Å². The highest BCUT2D eigenvalue weighted by Crippen LogP contribution is 2.28. The molecule has 0 aliphatic carbocycles. The third kappa shape index (κ3) is 4.03. The number of carbonyl (C=O) groups excluding carboxylic acids is 1. The number of rotatable bonds is 4. The van der Waals surface area contributed by atoms with Crippen LogP contribution in [0.15, 0.2) is 4.52 Å². The summed E-state index contributed by atoms with van der Waals surface area (Å²) >= 11 is 1.48. The molecule has 0 bridgehead atoms. The lowest BCUT2D eigenvalue weighted by molar-refractivity contribution is -0.118. The first kappa shape index (κ1) is 14.0. The molecule has 1 rings (SSSR count). The van der Waals surface area contributed by atoms with Crippen molar-refractivity contribution in [3.63, 3.8) is 0 Å². The maximum Gasteiger partial charge on any atom is 0.239 e. The van der Waals surface area contributed by atoms with Crippen LogP contribution in [0.1, 0.15) is 44.7 Å². The lowest BCUT2D eigenvalue weighted by Crippen LogP contribution is -2.20. The molecule has 0 radical (unpaired) electrons. The van der Waals surface area contributed by atoms with E-state index in [1.54, 1.807) is 7.05 Å². The van der Waals surface area contributed by atoms with Gasteiger partial charge in [-0.3, -0.25) is 4.79 Å². The van der Waals surface area contributed by atoms with Crippen molar-refractivity contribution in [1.29, 1.82) is 0 Å². The van der Waals surface area contributed by atoms with Crippen LogP contribution in [-0.2, 0) is 10.2 Å². The number of hydrogen-bond donors (Lipinski definition) is 1. The summed E-state index contributed by atoms with van der Waals surface area (Å²) in [5.74, 6) is 1.66. The largest absolute Gasteiger partial charge is 0.358 e. The molecular weight excluding hydrogens is 238 g/mol. The summed E-state index contributed by atoms with van der Waals surface area (Å²) in [6, 6.07) is 0. The van der Waals surface area contributed by atoms with Crippen molar-refractivity contribution in [2.45, 2.75) is 38.4 Å². The zero-order valence-corrected chi connectivity index (χ0v) is 11.7. The number of thioether (sulfide) groups is 1. The molecular formula is C11H19N3O2S. The van der Waals surface area contributed by atoms with Crippen LogP contribution < -0.4 is 5.32 Å². The van der Waals surface area contributed by atoms with E-state index < -0.39 is 0 Å². The Hall–Kier alpha value is -1.04. The zero-order valence-electron chi connectivity index (χ0n) is 10.9. The van der Waals surface area contributed by atoms with E-state index in [-0.39, 0.29) is 16.6 Å². The Balaban J connectivity index is 2.61. The van der Waals surface area contributed by atoms with Crippen LogP contribution in [0, 0.1) is 0 Å². The summed E-state index contributed by atoms with van der Waals surface area (Å²) in [4.78, 5) is 15.5. The monoisotopic (exact) mass is 257 g/mol. The van der Waals surface area contributed by atoms with Gasteiger partial charge in [0, 0.05) is 12.5 Å². The summed E-state index contributed by atoms with van der Waals surface area (Å²) in [6.45, 7) is 8.05. The third-order valence-electron chi connectivity index (χ3n) is 2.20. The minimum absolute atomic E-state index is 0.00240. The van der Waals surface area contributed by atoms with Crippen molar-refractivity contribution in [2.75, 3.05) is 12.8 Å². The predicted molar refractivity (Wildman–Crippen MR) is 67.9 cm³/mol. The van der Waals surface area contributed by atoms with Gasteiger partial charge in [-0.15, -0.1) is 11.8 Å². The summed E-state index contributed by atoms with van der Waals surface area (Å²) in [5, 5.41) is 6.55. The molecule has 0 aliphatic rings. The van der Waals surface area contributed by atoms with E-state index in [4.69, 9.17) is 4.52 Å². The topological polar surface area (TPSA) is 68.0 Å². The second kappa shape index (κ2) is 5.53. The van der Waals surface area contributed by atoms with E-state index in [0.717, 1.165) is 0 Å². The predicted octanol–water partition coefficient (Wildman–Crippen LogP) is 1.91. The van der Waals surface area contributed by atoms with Crippen LogP contribution >= 0.6 is 11.8 Å². The van der Waals surface area contributed by atoms with Gasteiger partial charge >= 0.3 is 0 Å². The summed E-state index contributed by atoms with van der Waals surface area (Å²) < 4.78 is 5.21. The summed E-state index contributed by atoms with van der Waals surface area (Å²) in [7, 11) is 1.62. The van der Waals surface area contributed by atoms with Gasteiger partial charge in [-0.2, -0.15) is 4.98 Å². The van der Waals surface area contributed by atoms with Crippen LogP contribution in [0.4, 0.5) is 0 Å². The smallest absolute Gasteiger partial charge is 0.239 e. The lowest BCUT2D eigenvalue weighted by atomic mass is 9.96. The molecule has 1 aromatic heterocycles. The fraction of sp³-hybridized carbons (Fsp3) is 0.727. The van der Waals surface area contributed by atoms with Gasteiger partial charge in [0.2, 0.25) is 11.8 Å². The van der Waals surface area contributed by atoms with Crippen LogP contribution in [0.25, 0.3) is 0 Å². The highest BCUT2D eigenvalue weighted by molar-refractivity contribution is 8.00. The number of nitrogens with one attached hydrogen (secondary N) is 1. The molecule has 5 nitrogen and oxygen atoms in total. The molecule has 6 heteroatoms. The highest BCUT2D eigenvalue weighted by atomic mass is 32.2. The average Bonchev–Trinajstić information content (AvgIpc) is 2.74. The quantitative estimate of drug-likeness (QED) is 0.892.